The summed E-state index contributed by atoms with van der Waals surface area (Å²) in [5.41, 5.74) is 6.42. The lowest BCUT2D eigenvalue weighted by Gasteiger charge is -2.20. The van der Waals surface area contributed by atoms with Crippen molar-refractivity contribution in [3.05, 3.63) is 28.2 Å². The van der Waals surface area contributed by atoms with Gasteiger partial charge in [0, 0.05) is 24.2 Å². The van der Waals surface area contributed by atoms with Gasteiger partial charge in [-0.15, -0.1) is 0 Å². The van der Waals surface area contributed by atoms with Crippen molar-refractivity contribution in [1.82, 2.24) is 4.72 Å². The van der Waals surface area contributed by atoms with Gasteiger partial charge in [-0.2, -0.15) is 0 Å². The van der Waals surface area contributed by atoms with Crippen LogP contribution >= 0.6 is 15.9 Å². The van der Waals surface area contributed by atoms with E-state index >= 15 is 0 Å². The molecule has 1 aromatic rings. The Balaban J connectivity index is 2.22. The Morgan fingerprint density at radius 3 is 2.80 bits per heavy atom. The van der Waals surface area contributed by atoms with Crippen molar-refractivity contribution in [1.29, 1.82) is 0 Å². The Hall–Kier alpha value is -0.470. The maximum absolute atomic E-state index is 12.4. The number of sulfonamides is 1. The SMILES string of the molecule is COC1CCCC1NS(=O)(=O)c1ccc(CN)cc1Br. The number of nitrogens with one attached hydrogen (secondary N) is 1. The van der Waals surface area contributed by atoms with Crippen LogP contribution in [-0.4, -0.2) is 27.7 Å². The number of ether oxygens (including phenoxy) is 1. The Morgan fingerprint density at radius 1 is 1.45 bits per heavy atom. The zero-order valence-electron chi connectivity index (χ0n) is 11.3. The molecule has 0 spiro atoms. The third kappa shape index (κ3) is 3.40. The summed E-state index contributed by atoms with van der Waals surface area (Å²) < 4.78 is 33.5. The largest absolute Gasteiger partial charge is 0.380 e. The first-order valence-corrected chi connectivity index (χ1v) is 8.79. The molecule has 7 heteroatoms. The smallest absolute Gasteiger partial charge is 0.242 e. The van der Waals surface area contributed by atoms with Gasteiger partial charge in [0.25, 0.3) is 0 Å². The van der Waals surface area contributed by atoms with E-state index in [1.54, 1.807) is 25.3 Å². The van der Waals surface area contributed by atoms with E-state index in [4.69, 9.17) is 10.5 Å². The number of hydrogen-bond acceptors (Lipinski definition) is 4. The van der Waals surface area contributed by atoms with E-state index in [1.807, 2.05) is 0 Å². The van der Waals surface area contributed by atoms with Crippen molar-refractivity contribution in [2.24, 2.45) is 5.73 Å². The van der Waals surface area contributed by atoms with Gasteiger partial charge in [0.05, 0.1) is 11.0 Å². The predicted octanol–water partition coefficient (Wildman–Crippen LogP) is 1.75. The van der Waals surface area contributed by atoms with Gasteiger partial charge in [-0.1, -0.05) is 6.07 Å². The highest BCUT2D eigenvalue weighted by molar-refractivity contribution is 9.10. The standard InChI is InChI=1S/C13H19BrN2O3S/c1-19-12-4-2-3-11(12)16-20(17,18)13-6-5-9(8-15)7-10(13)14/h5-7,11-12,16H,2-4,8,15H2,1H3. The topological polar surface area (TPSA) is 81.4 Å². The average molecular weight is 363 g/mol. The second-order valence-electron chi connectivity index (χ2n) is 4.90. The van der Waals surface area contributed by atoms with Gasteiger partial charge < -0.3 is 10.5 Å². The van der Waals surface area contributed by atoms with Gasteiger partial charge in [0.15, 0.2) is 0 Å². The lowest BCUT2D eigenvalue weighted by atomic mass is 10.2. The van der Waals surface area contributed by atoms with E-state index in [-0.39, 0.29) is 17.0 Å². The molecule has 3 N–H and O–H groups in total. The molecule has 0 heterocycles. The Bertz CT molecular complexity index is 577. The van der Waals surface area contributed by atoms with Crippen LogP contribution in [0.4, 0.5) is 0 Å². The molecule has 0 radical (unpaired) electrons. The summed E-state index contributed by atoms with van der Waals surface area (Å²) in [4.78, 5) is 0.233. The van der Waals surface area contributed by atoms with Crippen molar-refractivity contribution in [2.45, 2.75) is 42.8 Å². The van der Waals surface area contributed by atoms with Gasteiger partial charge in [-0.3, -0.25) is 0 Å². The van der Waals surface area contributed by atoms with Crippen LogP contribution in [0.3, 0.4) is 0 Å². The summed E-state index contributed by atoms with van der Waals surface area (Å²) in [6.07, 6.45) is 2.61. The van der Waals surface area contributed by atoms with Crippen LogP contribution in [0, 0.1) is 0 Å². The molecule has 1 aromatic carbocycles. The predicted molar refractivity (Wildman–Crippen MR) is 80.8 cm³/mol. The first-order chi connectivity index (χ1) is 9.47. The van der Waals surface area contributed by atoms with Crippen molar-refractivity contribution in [3.63, 3.8) is 0 Å². The number of nitrogens with two attached hydrogens (primary N) is 1. The van der Waals surface area contributed by atoms with Crippen molar-refractivity contribution < 1.29 is 13.2 Å². The monoisotopic (exact) mass is 362 g/mol. The van der Waals surface area contributed by atoms with Gasteiger partial charge in [-0.25, -0.2) is 13.1 Å². The van der Waals surface area contributed by atoms with E-state index in [1.165, 1.54) is 0 Å². The number of methoxy groups -OCH3 is 1. The van der Waals surface area contributed by atoms with E-state index in [0.717, 1.165) is 24.8 Å². The molecule has 2 atom stereocenters. The summed E-state index contributed by atoms with van der Waals surface area (Å²) in [7, 11) is -1.95. The van der Waals surface area contributed by atoms with E-state index in [2.05, 4.69) is 20.7 Å². The minimum absolute atomic E-state index is 0.0492. The summed E-state index contributed by atoms with van der Waals surface area (Å²) in [5.74, 6) is 0. The lowest BCUT2D eigenvalue weighted by Crippen LogP contribution is -2.40. The molecule has 0 aromatic heterocycles. The molecule has 2 rings (SSSR count). The van der Waals surface area contributed by atoms with Crippen molar-refractivity contribution >= 4 is 26.0 Å². The van der Waals surface area contributed by atoms with Gasteiger partial charge >= 0.3 is 0 Å². The highest BCUT2D eigenvalue weighted by atomic mass is 79.9. The van der Waals surface area contributed by atoms with Crippen LogP contribution in [0.2, 0.25) is 0 Å². The quantitative estimate of drug-likeness (QED) is 0.835. The minimum atomic E-state index is -3.56. The van der Waals surface area contributed by atoms with Crippen LogP contribution < -0.4 is 10.5 Å². The second kappa shape index (κ2) is 6.53. The maximum Gasteiger partial charge on any atom is 0.242 e. The van der Waals surface area contributed by atoms with Crippen LogP contribution in [0.1, 0.15) is 24.8 Å². The van der Waals surface area contributed by atoms with Gasteiger partial charge in [0.1, 0.15) is 0 Å². The molecule has 5 nitrogen and oxygen atoms in total. The van der Waals surface area contributed by atoms with Crippen molar-refractivity contribution in [3.8, 4) is 0 Å². The fourth-order valence-electron chi connectivity index (χ4n) is 2.49. The molecule has 1 aliphatic carbocycles. The second-order valence-corrected chi connectivity index (χ2v) is 7.44. The lowest BCUT2D eigenvalue weighted by molar-refractivity contribution is 0.0916. The van der Waals surface area contributed by atoms with Crippen molar-refractivity contribution in [2.75, 3.05) is 7.11 Å². The molecular weight excluding hydrogens is 344 g/mol. The summed E-state index contributed by atoms with van der Waals surface area (Å²) in [6, 6.07) is 4.87. The van der Waals surface area contributed by atoms with Gasteiger partial charge in [0.2, 0.25) is 10.0 Å². The molecule has 0 bridgehead atoms. The van der Waals surface area contributed by atoms with Crippen LogP contribution in [0.25, 0.3) is 0 Å². The maximum atomic E-state index is 12.4. The molecule has 0 aliphatic heterocycles. The van der Waals surface area contributed by atoms with Gasteiger partial charge in [-0.05, 0) is 52.9 Å². The fourth-order valence-corrected chi connectivity index (χ4v) is 4.92. The molecule has 20 heavy (non-hydrogen) atoms. The first-order valence-electron chi connectivity index (χ1n) is 6.51. The highest BCUT2D eigenvalue weighted by Crippen LogP contribution is 2.27. The molecule has 0 amide bonds. The van der Waals surface area contributed by atoms with E-state index in [9.17, 15) is 8.42 Å². The van der Waals surface area contributed by atoms with Crippen LogP contribution in [0.15, 0.2) is 27.6 Å². The van der Waals surface area contributed by atoms with E-state index < -0.39 is 10.0 Å². The zero-order chi connectivity index (χ0) is 14.8. The Kier molecular flexibility index (Phi) is 5.19. The molecule has 1 aliphatic rings. The van der Waals surface area contributed by atoms with E-state index in [0.29, 0.717) is 11.0 Å². The minimum Gasteiger partial charge on any atom is -0.380 e. The molecular formula is C13H19BrN2O3S. The number of hydrogen-bond donors (Lipinski definition) is 2. The Labute approximate surface area is 128 Å². The molecule has 112 valence electrons. The third-order valence-corrected chi connectivity index (χ3v) is 6.05. The number of rotatable bonds is 5. The molecule has 0 saturated heterocycles. The average Bonchev–Trinajstić information content (AvgIpc) is 2.84. The third-order valence-electron chi connectivity index (χ3n) is 3.58. The number of benzene rings is 1. The summed E-state index contributed by atoms with van der Waals surface area (Å²) in [5, 5.41) is 0. The fraction of sp³-hybridized carbons (Fsp3) is 0.538. The first kappa shape index (κ1) is 15.9. The molecule has 1 saturated carbocycles. The molecule has 2 unspecified atom stereocenters. The highest BCUT2D eigenvalue weighted by Gasteiger charge is 2.31. The van der Waals surface area contributed by atoms with Crippen LogP contribution in [0.5, 0.6) is 0 Å². The summed E-state index contributed by atoms with van der Waals surface area (Å²) in [6.45, 7) is 0.376. The van der Waals surface area contributed by atoms with Crippen LogP contribution in [-0.2, 0) is 21.3 Å². The number of halogens is 1. The normalized spacial score (nSPS) is 23.1. The Morgan fingerprint density at radius 2 is 2.20 bits per heavy atom. The summed E-state index contributed by atoms with van der Waals surface area (Å²) >= 11 is 3.30. The zero-order valence-corrected chi connectivity index (χ0v) is 13.7. The molecule has 1 fully saturated rings.